The van der Waals surface area contributed by atoms with E-state index in [1.807, 2.05) is 13.8 Å². The summed E-state index contributed by atoms with van der Waals surface area (Å²) in [6, 6.07) is 1.58. The van der Waals surface area contributed by atoms with Crippen LogP contribution in [0, 0.1) is 5.92 Å². The van der Waals surface area contributed by atoms with Gasteiger partial charge in [0.1, 0.15) is 0 Å². The molecule has 2 nitrogen and oxygen atoms in total. The molecule has 0 N–H and O–H groups in total. The Bertz CT molecular complexity index is 154. The molecule has 2 rings (SSSR count). The molecule has 1 unspecified atom stereocenters. The summed E-state index contributed by atoms with van der Waals surface area (Å²) in [7, 11) is 0. The number of hydrogen-bond donors (Lipinski definition) is 0. The molecule has 1 atom stereocenters. The molecular formula is C12H25NO. The highest BCUT2D eigenvalue weighted by Gasteiger charge is 2.35. The predicted molar refractivity (Wildman–Crippen MR) is 60.5 cm³/mol. The third kappa shape index (κ3) is 2.48. The molecule has 0 radical (unpaired) electrons. The number of rotatable bonds is 2. The molecular weight excluding hydrogens is 174 g/mol. The van der Waals surface area contributed by atoms with E-state index in [1.54, 1.807) is 0 Å². The molecule has 0 amide bonds. The van der Waals surface area contributed by atoms with Crippen LogP contribution in [-0.4, -0.2) is 36.7 Å². The zero-order chi connectivity index (χ0) is 10.6. The molecule has 0 spiro atoms. The first kappa shape index (κ1) is 12.0. The number of ether oxygens (including phenoxy) is 1. The lowest BCUT2D eigenvalue weighted by molar-refractivity contribution is -0.0740. The van der Waals surface area contributed by atoms with E-state index in [9.17, 15) is 0 Å². The fourth-order valence-electron chi connectivity index (χ4n) is 2.40. The summed E-state index contributed by atoms with van der Waals surface area (Å²) in [5, 5.41) is 0. The van der Waals surface area contributed by atoms with E-state index in [0.717, 1.165) is 31.2 Å². The lowest BCUT2D eigenvalue weighted by Gasteiger charge is -2.39. The first-order chi connectivity index (χ1) is 6.79. The van der Waals surface area contributed by atoms with E-state index in [-0.39, 0.29) is 0 Å². The number of likely N-dealkylation sites (tertiary alicyclic amines) is 1. The van der Waals surface area contributed by atoms with E-state index in [0.29, 0.717) is 0 Å². The van der Waals surface area contributed by atoms with Crippen molar-refractivity contribution >= 4 is 0 Å². The standard InChI is InChI=1S/C10H19NO.C2H6/c1-8(2)10-4-3-5-11(10)9-6-12-7-9;1-2/h8-10H,3-7H2,1-2H3;1-2H3. The quantitative estimate of drug-likeness (QED) is 0.677. The molecule has 2 aliphatic rings. The zero-order valence-corrected chi connectivity index (χ0v) is 10.1. The minimum Gasteiger partial charge on any atom is -0.378 e. The van der Waals surface area contributed by atoms with Crippen molar-refractivity contribution in [3.63, 3.8) is 0 Å². The Morgan fingerprint density at radius 2 is 1.86 bits per heavy atom. The average Bonchev–Trinajstić information content (AvgIpc) is 2.53. The SMILES string of the molecule is CC.CC(C)C1CCCN1C1COC1. The van der Waals surface area contributed by atoms with Crippen LogP contribution in [0.25, 0.3) is 0 Å². The maximum atomic E-state index is 5.23. The van der Waals surface area contributed by atoms with Crippen LogP contribution >= 0.6 is 0 Å². The summed E-state index contributed by atoms with van der Waals surface area (Å²) in [5.41, 5.74) is 0. The summed E-state index contributed by atoms with van der Waals surface area (Å²) in [6.07, 6.45) is 2.79. The van der Waals surface area contributed by atoms with Gasteiger partial charge in [0.05, 0.1) is 19.3 Å². The Kier molecular flexibility index (Phi) is 4.90. The molecule has 2 aliphatic heterocycles. The monoisotopic (exact) mass is 199 g/mol. The van der Waals surface area contributed by atoms with Crippen LogP contribution in [0.5, 0.6) is 0 Å². The van der Waals surface area contributed by atoms with E-state index < -0.39 is 0 Å². The summed E-state index contributed by atoms with van der Waals surface area (Å²) < 4.78 is 5.23. The van der Waals surface area contributed by atoms with Gasteiger partial charge < -0.3 is 4.74 Å². The van der Waals surface area contributed by atoms with E-state index in [2.05, 4.69) is 18.7 Å². The smallest absolute Gasteiger partial charge is 0.0645 e. The Labute approximate surface area is 88.6 Å². The first-order valence-electron chi connectivity index (χ1n) is 6.12. The van der Waals surface area contributed by atoms with Gasteiger partial charge in [-0.05, 0) is 25.3 Å². The van der Waals surface area contributed by atoms with Gasteiger partial charge in [-0.25, -0.2) is 0 Å². The van der Waals surface area contributed by atoms with Crippen molar-refractivity contribution < 1.29 is 4.74 Å². The second-order valence-corrected chi connectivity index (χ2v) is 4.38. The van der Waals surface area contributed by atoms with Crippen LogP contribution in [0.1, 0.15) is 40.5 Å². The summed E-state index contributed by atoms with van der Waals surface area (Å²) in [5.74, 6) is 0.813. The second kappa shape index (κ2) is 5.72. The molecule has 84 valence electrons. The van der Waals surface area contributed by atoms with Crippen molar-refractivity contribution in [2.45, 2.75) is 52.6 Å². The molecule has 0 aliphatic carbocycles. The fourth-order valence-corrected chi connectivity index (χ4v) is 2.40. The van der Waals surface area contributed by atoms with Crippen molar-refractivity contribution in [1.29, 1.82) is 0 Å². The Hall–Kier alpha value is -0.0800. The van der Waals surface area contributed by atoms with Gasteiger partial charge in [0, 0.05) is 6.04 Å². The molecule has 2 saturated heterocycles. The molecule has 2 heteroatoms. The third-order valence-electron chi connectivity index (χ3n) is 3.20. The molecule has 0 bridgehead atoms. The van der Waals surface area contributed by atoms with Gasteiger partial charge in [-0.1, -0.05) is 27.7 Å². The lowest BCUT2D eigenvalue weighted by atomic mass is 10.0. The van der Waals surface area contributed by atoms with Crippen LogP contribution < -0.4 is 0 Å². The van der Waals surface area contributed by atoms with Gasteiger partial charge in [0.25, 0.3) is 0 Å². The highest BCUT2D eigenvalue weighted by molar-refractivity contribution is 4.89. The minimum atomic E-state index is 0.750. The maximum Gasteiger partial charge on any atom is 0.0645 e. The van der Waals surface area contributed by atoms with Crippen molar-refractivity contribution in [2.24, 2.45) is 5.92 Å². The van der Waals surface area contributed by atoms with Crippen molar-refractivity contribution in [1.82, 2.24) is 4.90 Å². The third-order valence-corrected chi connectivity index (χ3v) is 3.20. The molecule has 2 fully saturated rings. The van der Waals surface area contributed by atoms with E-state index in [1.165, 1.54) is 19.4 Å². The van der Waals surface area contributed by atoms with Gasteiger partial charge in [-0.15, -0.1) is 0 Å². The molecule has 14 heavy (non-hydrogen) atoms. The Morgan fingerprint density at radius 3 is 2.29 bits per heavy atom. The van der Waals surface area contributed by atoms with Gasteiger partial charge in [-0.2, -0.15) is 0 Å². The summed E-state index contributed by atoms with van der Waals surface area (Å²) in [4.78, 5) is 2.66. The highest BCUT2D eigenvalue weighted by atomic mass is 16.5. The Balaban J connectivity index is 0.000000461. The van der Waals surface area contributed by atoms with Gasteiger partial charge >= 0.3 is 0 Å². The van der Waals surface area contributed by atoms with Gasteiger partial charge in [0.15, 0.2) is 0 Å². The fraction of sp³-hybridized carbons (Fsp3) is 1.00. The average molecular weight is 199 g/mol. The van der Waals surface area contributed by atoms with Crippen LogP contribution in [0.2, 0.25) is 0 Å². The topological polar surface area (TPSA) is 12.5 Å². The second-order valence-electron chi connectivity index (χ2n) is 4.38. The van der Waals surface area contributed by atoms with Crippen LogP contribution in [-0.2, 0) is 4.74 Å². The van der Waals surface area contributed by atoms with Gasteiger partial charge in [0.2, 0.25) is 0 Å². The molecule has 0 aromatic rings. The minimum absolute atomic E-state index is 0.750. The van der Waals surface area contributed by atoms with Crippen LogP contribution in [0.4, 0.5) is 0 Å². The van der Waals surface area contributed by atoms with Crippen molar-refractivity contribution in [2.75, 3.05) is 19.8 Å². The zero-order valence-electron chi connectivity index (χ0n) is 10.1. The van der Waals surface area contributed by atoms with E-state index in [4.69, 9.17) is 4.74 Å². The highest BCUT2D eigenvalue weighted by Crippen LogP contribution is 2.28. The largest absolute Gasteiger partial charge is 0.378 e. The summed E-state index contributed by atoms with van der Waals surface area (Å²) >= 11 is 0. The van der Waals surface area contributed by atoms with Crippen LogP contribution in [0.15, 0.2) is 0 Å². The molecule has 0 aromatic carbocycles. The van der Waals surface area contributed by atoms with E-state index >= 15 is 0 Å². The molecule has 0 aromatic heterocycles. The molecule has 0 saturated carbocycles. The Morgan fingerprint density at radius 1 is 1.21 bits per heavy atom. The van der Waals surface area contributed by atoms with Gasteiger partial charge in [-0.3, -0.25) is 4.90 Å². The number of nitrogens with zero attached hydrogens (tertiary/aromatic N) is 1. The first-order valence-corrected chi connectivity index (χ1v) is 6.12. The maximum absolute atomic E-state index is 5.23. The molecule has 2 heterocycles. The number of hydrogen-bond acceptors (Lipinski definition) is 2. The summed E-state index contributed by atoms with van der Waals surface area (Å²) in [6.45, 7) is 11.9. The lowest BCUT2D eigenvalue weighted by Crippen LogP contribution is -2.52. The predicted octanol–water partition coefficient (Wildman–Crippen LogP) is 2.53. The normalized spacial score (nSPS) is 28.5. The van der Waals surface area contributed by atoms with Crippen molar-refractivity contribution in [3.8, 4) is 0 Å². The van der Waals surface area contributed by atoms with Crippen LogP contribution in [0.3, 0.4) is 0 Å². The van der Waals surface area contributed by atoms with Crippen molar-refractivity contribution in [3.05, 3.63) is 0 Å².